The van der Waals surface area contributed by atoms with Gasteiger partial charge in [0, 0.05) is 12.2 Å². The maximum Gasteiger partial charge on any atom is 0.0372 e. The number of nitrogens with one attached hydrogen (secondary N) is 2. The van der Waals surface area contributed by atoms with Gasteiger partial charge < -0.3 is 10.6 Å². The molecule has 0 aromatic heterocycles. The van der Waals surface area contributed by atoms with E-state index in [1.54, 1.807) is 0 Å². The molecule has 1 aromatic rings. The lowest BCUT2D eigenvalue weighted by Gasteiger charge is -2.23. The minimum atomic E-state index is 0.786. The van der Waals surface area contributed by atoms with E-state index in [1.165, 1.54) is 36.2 Å². The summed E-state index contributed by atoms with van der Waals surface area (Å²) in [5.74, 6) is 0.786. The minimum Gasteiger partial charge on any atom is -0.384 e. The van der Waals surface area contributed by atoms with Crippen molar-refractivity contribution in [1.29, 1.82) is 0 Å². The van der Waals surface area contributed by atoms with E-state index in [9.17, 15) is 0 Å². The molecule has 1 heterocycles. The van der Waals surface area contributed by atoms with Crippen LogP contribution in [-0.2, 0) is 0 Å². The van der Waals surface area contributed by atoms with Crippen molar-refractivity contribution >= 4 is 5.69 Å². The van der Waals surface area contributed by atoms with Crippen molar-refractivity contribution in [3.05, 3.63) is 29.3 Å². The van der Waals surface area contributed by atoms with Crippen LogP contribution in [0.3, 0.4) is 0 Å². The molecule has 2 N–H and O–H groups in total. The molecule has 1 atom stereocenters. The van der Waals surface area contributed by atoms with E-state index in [-0.39, 0.29) is 0 Å². The van der Waals surface area contributed by atoms with Crippen molar-refractivity contribution in [1.82, 2.24) is 5.32 Å². The molecule has 0 amide bonds. The summed E-state index contributed by atoms with van der Waals surface area (Å²) < 4.78 is 0. The Morgan fingerprint density at radius 3 is 3.00 bits per heavy atom. The molecule has 0 aliphatic carbocycles. The van der Waals surface area contributed by atoms with Crippen molar-refractivity contribution < 1.29 is 0 Å². The lowest BCUT2D eigenvalue weighted by Crippen LogP contribution is -2.33. The van der Waals surface area contributed by atoms with Gasteiger partial charge in [0.05, 0.1) is 0 Å². The van der Waals surface area contributed by atoms with Crippen LogP contribution in [0.4, 0.5) is 5.69 Å². The molecule has 1 aliphatic heterocycles. The third-order valence-electron chi connectivity index (χ3n) is 3.37. The molecule has 2 nitrogen and oxygen atoms in total. The molecular weight excluding hydrogens is 196 g/mol. The van der Waals surface area contributed by atoms with Crippen LogP contribution in [0.25, 0.3) is 0 Å². The minimum absolute atomic E-state index is 0.786. The normalized spacial score (nSPS) is 20.8. The van der Waals surface area contributed by atoms with Gasteiger partial charge in [0.2, 0.25) is 0 Å². The maximum absolute atomic E-state index is 3.58. The molecule has 1 saturated heterocycles. The van der Waals surface area contributed by atoms with E-state index in [0.29, 0.717) is 0 Å². The molecule has 1 aromatic carbocycles. The summed E-state index contributed by atoms with van der Waals surface area (Å²) in [5.41, 5.74) is 3.97. The molecule has 1 unspecified atom stereocenters. The van der Waals surface area contributed by atoms with Gasteiger partial charge in [-0.2, -0.15) is 0 Å². The Morgan fingerprint density at radius 1 is 1.38 bits per heavy atom. The first-order valence-electron chi connectivity index (χ1n) is 6.27. The van der Waals surface area contributed by atoms with Gasteiger partial charge in [-0.25, -0.2) is 0 Å². The molecule has 2 rings (SSSR count). The van der Waals surface area contributed by atoms with Crippen molar-refractivity contribution in [2.45, 2.75) is 26.7 Å². The molecule has 0 saturated carbocycles. The Balaban J connectivity index is 1.90. The van der Waals surface area contributed by atoms with E-state index in [0.717, 1.165) is 19.0 Å². The van der Waals surface area contributed by atoms with Crippen LogP contribution < -0.4 is 10.6 Å². The predicted molar refractivity (Wildman–Crippen MR) is 70.0 cm³/mol. The maximum atomic E-state index is 3.58. The van der Waals surface area contributed by atoms with Crippen LogP contribution in [-0.4, -0.2) is 19.6 Å². The molecule has 88 valence electrons. The Kier molecular flexibility index (Phi) is 3.83. The Labute approximate surface area is 98.4 Å². The summed E-state index contributed by atoms with van der Waals surface area (Å²) in [6, 6.07) is 6.60. The largest absolute Gasteiger partial charge is 0.384 e. The molecule has 1 aliphatic rings. The molecule has 1 fully saturated rings. The second-order valence-corrected chi connectivity index (χ2v) is 4.91. The van der Waals surface area contributed by atoms with Crippen LogP contribution in [0.5, 0.6) is 0 Å². The molecular formula is C14H22N2. The van der Waals surface area contributed by atoms with Crippen LogP contribution in [0, 0.1) is 19.8 Å². The van der Waals surface area contributed by atoms with E-state index < -0.39 is 0 Å². The highest BCUT2D eigenvalue weighted by Gasteiger charge is 2.12. The Hall–Kier alpha value is -1.02. The smallest absolute Gasteiger partial charge is 0.0372 e. The summed E-state index contributed by atoms with van der Waals surface area (Å²) in [5, 5.41) is 7.04. The third kappa shape index (κ3) is 2.99. The van der Waals surface area contributed by atoms with E-state index in [1.807, 2.05) is 0 Å². The summed E-state index contributed by atoms with van der Waals surface area (Å²) in [6.45, 7) is 7.77. The zero-order chi connectivity index (χ0) is 11.4. The second-order valence-electron chi connectivity index (χ2n) is 4.91. The quantitative estimate of drug-likeness (QED) is 0.815. The van der Waals surface area contributed by atoms with Crippen LogP contribution in [0.2, 0.25) is 0 Å². The standard InChI is InChI=1S/C14H22N2/c1-11-5-6-12(2)14(8-11)16-10-13-4-3-7-15-9-13/h5-6,8,13,15-16H,3-4,7,9-10H2,1-2H3. The fraction of sp³-hybridized carbons (Fsp3) is 0.571. The number of piperidine rings is 1. The molecule has 0 bridgehead atoms. The lowest BCUT2D eigenvalue weighted by atomic mass is 9.99. The summed E-state index contributed by atoms with van der Waals surface area (Å²) in [4.78, 5) is 0. The number of anilines is 1. The van der Waals surface area contributed by atoms with Gasteiger partial charge in [-0.1, -0.05) is 12.1 Å². The Morgan fingerprint density at radius 2 is 2.25 bits per heavy atom. The van der Waals surface area contributed by atoms with Gasteiger partial charge >= 0.3 is 0 Å². The number of hydrogen-bond donors (Lipinski definition) is 2. The Bertz CT molecular complexity index is 341. The second kappa shape index (κ2) is 5.35. The average Bonchev–Trinajstić information content (AvgIpc) is 2.32. The predicted octanol–water partition coefficient (Wildman–Crippen LogP) is 2.71. The van der Waals surface area contributed by atoms with Crippen LogP contribution in [0.15, 0.2) is 18.2 Å². The van der Waals surface area contributed by atoms with Crippen molar-refractivity contribution in [3.63, 3.8) is 0 Å². The van der Waals surface area contributed by atoms with Gasteiger partial charge in [0.15, 0.2) is 0 Å². The van der Waals surface area contributed by atoms with Crippen molar-refractivity contribution in [2.75, 3.05) is 25.0 Å². The highest BCUT2D eigenvalue weighted by Crippen LogP contribution is 2.18. The van der Waals surface area contributed by atoms with E-state index in [2.05, 4.69) is 42.7 Å². The highest BCUT2D eigenvalue weighted by atomic mass is 14.9. The average molecular weight is 218 g/mol. The zero-order valence-corrected chi connectivity index (χ0v) is 10.3. The first-order chi connectivity index (χ1) is 7.75. The monoisotopic (exact) mass is 218 g/mol. The van der Waals surface area contributed by atoms with Crippen molar-refractivity contribution in [3.8, 4) is 0 Å². The number of aryl methyl sites for hydroxylation is 2. The number of rotatable bonds is 3. The van der Waals surface area contributed by atoms with Gasteiger partial charge in [-0.3, -0.25) is 0 Å². The first kappa shape index (κ1) is 11.5. The third-order valence-corrected chi connectivity index (χ3v) is 3.37. The molecule has 0 radical (unpaired) electrons. The first-order valence-corrected chi connectivity index (χ1v) is 6.27. The van der Waals surface area contributed by atoms with Gasteiger partial charge in [-0.15, -0.1) is 0 Å². The zero-order valence-electron chi connectivity index (χ0n) is 10.3. The van der Waals surface area contributed by atoms with E-state index >= 15 is 0 Å². The summed E-state index contributed by atoms with van der Waals surface area (Å²) >= 11 is 0. The number of benzene rings is 1. The molecule has 16 heavy (non-hydrogen) atoms. The van der Waals surface area contributed by atoms with Crippen LogP contribution >= 0.6 is 0 Å². The van der Waals surface area contributed by atoms with Crippen molar-refractivity contribution in [2.24, 2.45) is 5.92 Å². The summed E-state index contributed by atoms with van der Waals surface area (Å²) in [6.07, 6.45) is 2.67. The molecule has 0 spiro atoms. The summed E-state index contributed by atoms with van der Waals surface area (Å²) in [7, 11) is 0. The number of hydrogen-bond acceptors (Lipinski definition) is 2. The fourth-order valence-electron chi connectivity index (χ4n) is 2.28. The highest BCUT2D eigenvalue weighted by molar-refractivity contribution is 5.52. The lowest BCUT2D eigenvalue weighted by molar-refractivity contribution is 0.393. The topological polar surface area (TPSA) is 24.1 Å². The van der Waals surface area contributed by atoms with Crippen LogP contribution in [0.1, 0.15) is 24.0 Å². The van der Waals surface area contributed by atoms with Gasteiger partial charge in [0.25, 0.3) is 0 Å². The van der Waals surface area contributed by atoms with Gasteiger partial charge in [0.1, 0.15) is 0 Å². The molecule has 2 heteroatoms. The fourth-order valence-corrected chi connectivity index (χ4v) is 2.28. The SMILES string of the molecule is Cc1ccc(C)c(NCC2CCCNC2)c1. The van der Waals surface area contributed by atoms with Gasteiger partial charge in [-0.05, 0) is 62.9 Å². The van der Waals surface area contributed by atoms with E-state index in [4.69, 9.17) is 0 Å².